The highest BCUT2D eigenvalue weighted by atomic mass is 32.2. The summed E-state index contributed by atoms with van der Waals surface area (Å²) in [5.41, 5.74) is 0. The SMILES string of the molecule is CS[C@H](C)[C@@H](C)SC. The van der Waals surface area contributed by atoms with Crippen LogP contribution in [0.25, 0.3) is 0 Å². The van der Waals surface area contributed by atoms with E-state index in [0.717, 1.165) is 10.5 Å². The molecule has 0 rings (SSSR count). The smallest absolute Gasteiger partial charge is 0.0132 e. The zero-order valence-electron chi connectivity index (χ0n) is 5.97. The first-order chi connectivity index (χ1) is 3.72. The van der Waals surface area contributed by atoms with Crippen LogP contribution in [0.3, 0.4) is 0 Å². The average molecular weight is 150 g/mol. The van der Waals surface area contributed by atoms with E-state index in [1.54, 1.807) is 0 Å². The van der Waals surface area contributed by atoms with Crippen molar-refractivity contribution in [2.45, 2.75) is 24.3 Å². The number of thioether (sulfide) groups is 2. The predicted octanol–water partition coefficient (Wildman–Crippen LogP) is 2.49. The van der Waals surface area contributed by atoms with Crippen molar-refractivity contribution in [3.05, 3.63) is 0 Å². The van der Waals surface area contributed by atoms with Crippen molar-refractivity contribution in [2.75, 3.05) is 12.5 Å². The maximum absolute atomic E-state index is 2.27. The monoisotopic (exact) mass is 150 g/mol. The van der Waals surface area contributed by atoms with Crippen LogP contribution in [0.2, 0.25) is 0 Å². The topological polar surface area (TPSA) is 0 Å². The molecule has 0 saturated carbocycles. The van der Waals surface area contributed by atoms with Crippen molar-refractivity contribution in [1.82, 2.24) is 0 Å². The van der Waals surface area contributed by atoms with Crippen molar-refractivity contribution in [3.63, 3.8) is 0 Å². The summed E-state index contributed by atoms with van der Waals surface area (Å²) in [4.78, 5) is 0. The van der Waals surface area contributed by atoms with Crippen molar-refractivity contribution >= 4 is 23.5 Å². The Hall–Kier alpha value is 0.700. The molecule has 0 heterocycles. The van der Waals surface area contributed by atoms with E-state index in [4.69, 9.17) is 0 Å². The quantitative estimate of drug-likeness (QED) is 0.606. The van der Waals surface area contributed by atoms with E-state index in [1.807, 2.05) is 23.5 Å². The average Bonchev–Trinajstić information content (AvgIpc) is 1.84. The van der Waals surface area contributed by atoms with Gasteiger partial charge in [-0.25, -0.2) is 0 Å². The Morgan fingerprint density at radius 1 is 0.875 bits per heavy atom. The summed E-state index contributed by atoms with van der Waals surface area (Å²) in [5, 5.41) is 1.59. The largest absolute Gasteiger partial charge is 0.161 e. The normalized spacial score (nSPS) is 18.0. The van der Waals surface area contributed by atoms with Gasteiger partial charge in [0.05, 0.1) is 0 Å². The predicted molar refractivity (Wildman–Crippen MR) is 46.0 cm³/mol. The first kappa shape index (κ1) is 8.70. The van der Waals surface area contributed by atoms with Gasteiger partial charge in [-0.15, -0.1) is 0 Å². The van der Waals surface area contributed by atoms with Crippen molar-refractivity contribution < 1.29 is 0 Å². The Labute approximate surface area is 60.8 Å². The molecule has 0 aromatic rings. The van der Waals surface area contributed by atoms with Crippen LogP contribution < -0.4 is 0 Å². The van der Waals surface area contributed by atoms with Gasteiger partial charge < -0.3 is 0 Å². The van der Waals surface area contributed by atoms with E-state index in [0.29, 0.717) is 0 Å². The first-order valence-corrected chi connectivity index (χ1v) is 5.35. The van der Waals surface area contributed by atoms with Gasteiger partial charge in [-0.1, -0.05) is 13.8 Å². The first-order valence-electron chi connectivity index (χ1n) is 2.78. The molecule has 0 spiro atoms. The fourth-order valence-corrected chi connectivity index (χ4v) is 1.82. The lowest BCUT2D eigenvalue weighted by Gasteiger charge is -2.13. The summed E-state index contributed by atoms with van der Waals surface area (Å²) in [6.07, 6.45) is 4.33. The maximum Gasteiger partial charge on any atom is 0.0132 e. The minimum Gasteiger partial charge on any atom is -0.161 e. The molecule has 0 aliphatic rings. The minimum absolute atomic E-state index is 0.796. The highest BCUT2D eigenvalue weighted by molar-refractivity contribution is 8.03. The molecule has 0 aromatic carbocycles. The molecule has 0 unspecified atom stereocenters. The minimum atomic E-state index is 0.796. The summed E-state index contributed by atoms with van der Waals surface area (Å²) in [7, 11) is 0. The van der Waals surface area contributed by atoms with Gasteiger partial charge in [0, 0.05) is 10.5 Å². The molecular weight excluding hydrogens is 136 g/mol. The molecule has 0 N–H and O–H groups in total. The molecule has 0 nitrogen and oxygen atoms in total. The fraction of sp³-hybridized carbons (Fsp3) is 1.00. The Bertz CT molecular complexity index is 46.5. The number of hydrogen-bond acceptors (Lipinski definition) is 2. The number of hydrogen-bond donors (Lipinski definition) is 0. The molecule has 0 aromatic heterocycles. The van der Waals surface area contributed by atoms with Crippen LogP contribution >= 0.6 is 23.5 Å². The highest BCUT2D eigenvalue weighted by Crippen LogP contribution is 2.19. The van der Waals surface area contributed by atoms with Crippen LogP contribution in [-0.2, 0) is 0 Å². The van der Waals surface area contributed by atoms with Gasteiger partial charge in [0.15, 0.2) is 0 Å². The van der Waals surface area contributed by atoms with Crippen LogP contribution in [0.4, 0.5) is 0 Å². The molecule has 50 valence electrons. The zero-order chi connectivity index (χ0) is 6.57. The van der Waals surface area contributed by atoms with Gasteiger partial charge in [0.25, 0.3) is 0 Å². The van der Waals surface area contributed by atoms with E-state index >= 15 is 0 Å². The lowest BCUT2D eigenvalue weighted by atomic mass is 10.4. The molecule has 2 heteroatoms. The van der Waals surface area contributed by atoms with E-state index in [1.165, 1.54) is 0 Å². The molecule has 0 saturated heterocycles. The van der Waals surface area contributed by atoms with Crippen LogP contribution in [0.15, 0.2) is 0 Å². The summed E-state index contributed by atoms with van der Waals surface area (Å²) in [6.45, 7) is 4.54. The highest BCUT2D eigenvalue weighted by Gasteiger charge is 2.06. The maximum atomic E-state index is 2.27. The molecular formula is C6H14S2. The van der Waals surface area contributed by atoms with Crippen LogP contribution in [0.5, 0.6) is 0 Å². The van der Waals surface area contributed by atoms with Gasteiger partial charge in [-0.05, 0) is 12.5 Å². The van der Waals surface area contributed by atoms with Gasteiger partial charge in [0.1, 0.15) is 0 Å². The third-order valence-electron chi connectivity index (χ3n) is 1.40. The molecule has 0 aliphatic heterocycles. The van der Waals surface area contributed by atoms with Crippen molar-refractivity contribution in [1.29, 1.82) is 0 Å². The van der Waals surface area contributed by atoms with E-state index in [-0.39, 0.29) is 0 Å². The molecule has 0 bridgehead atoms. The summed E-state index contributed by atoms with van der Waals surface area (Å²) in [6, 6.07) is 0. The van der Waals surface area contributed by atoms with Crippen LogP contribution in [0.1, 0.15) is 13.8 Å². The third-order valence-corrected chi connectivity index (χ3v) is 3.88. The molecule has 0 amide bonds. The summed E-state index contributed by atoms with van der Waals surface area (Å²) >= 11 is 3.87. The molecule has 0 aliphatic carbocycles. The second-order valence-electron chi connectivity index (χ2n) is 1.88. The Kier molecular flexibility index (Phi) is 4.97. The molecule has 0 radical (unpaired) electrons. The number of rotatable bonds is 3. The Balaban J connectivity index is 3.29. The van der Waals surface area contributed by atoms with Crippen molar-refractivity contribution in [3.8, 4) is 0 Å². The summed E-state index contributed by atoms with van der Waals surface area (Å²) in [5.74, 6) is 0. The second-order valence-corrected chi connectivity index (χ2v) is 4.31. The lowest BCUT2D eigenvalue weighted by molar-refractivity contribution is 0.932. The van der Waals surface area contributed by atoms with E-state index in [2.05, 4.69) is 26.4 Å². The van der Waals surface area contributed by atoms with Gasteiger partial charge in [-0.2, -0.15) is 23.5 Å². The molecule has 0 fully saturated rings. The molecule has 8 heavy (non-hydrogen) atoms. The van der Waals surface area contributed by atoms with Crippen LogP contribution in [0, 0.1) is 0 Å². The molecule has 2 atom stereocenters. The van der Waals surface area contributed by atoms with Gasteiger partial charge in [0.2, 0.25) is 0 Å². The van der Waals surface area contributed by atoms with E-state index in [9.17, 15) is 0 Å². The van der Waals surface area contributed by atoms with E-state index < -0.39 is 0 Å². The Morgan fingerprint density at radius 2 is 1.12 bits per heavy atom. The Morgan fingerprint density at radius 3 is 1.25 bits per heavy atom. The lowest BCUT2D eigenvalue weighted by Crippen LogP contribution is -2.10. The summed E-state index contributed by atoms with van der Waals surface area (Å²) < 4.78 is 0. The fourth-order valence-electron chi connectivity index (χ4n) is 0.383. The van der Waals surface area contributed by atoms with Crippen molar-refractivity contribution in [2.24, 2.45) is 0 Å². The van der Waals surface area contributed by atoms with Crippen LogP contribution in [-0.4, -0.2) is 23.0 Å². The standard InChI is InChI=1S/C6H14S2/c1-5(7-3)6(2)8-4/h5-6H,1-4H3/t5-,6-/m1/s1. The second kappa shape index (κ2) is 4.57. The van der Waals surface area contributed by atoms with Gasteiger partial charge >= 0.3 is 0 Å². The third kappa shape index (κ3) is 2.88. The van der Waals surface area contributed by atoms with Gasteiger partial charge in [-0.3, -0.25) is 0 Å². The zero-order valence-corrected chi connectivity index (χ0v) is 7.60.